The summed E-state index contributed by atoms with van der Waals surface area (Å²) in [6, 6.07) is 0. The molecule has 0 bridgehead atoms. The molecule has 0 N–H and O–H groups in total. The summed E-state index contributed by atoms with van der Waals surface area (Å²) in [4.78, 5) is 9.82. The summed E-state index contributed by atoms with van der Waals surface area (Å²) in [6.45, 7) is 7.29. The molecule has 0 aromatic rings. The van der Waals surface area contributed by atoms with Crippen molar-refractivity contribution in [3.05, 3.63) is 4.91 Å². The number of hydrogen-bond acceptors (Lipinski definition) is 2. The Morgan fingerprint density at radius 1 is 1.40 bits per heavy atom. The van der Waals surface area contributed by atoms with Crippen LogP contribution in [0.4, 0.5) is 0 Å². The number of alkyl halides is 1. The van der Waals surface area contributed by atoms with Gasteiger partial charge in [-0.05, 0) is 27.2 Å². The van der Waals surface area contributed by atoms with Crippen molar-refractivity contribution in [2.24, 2.45) is 5.18 Å². The van der Waals surface area contributed by atoms with Crippen LogP contribution in [0.1, 0.15) is 34.1 Å². The molecule has 0 fully saturated rings. The Bertz CT molecular complexity index is 130. The number of hydrogen-bond donors (Lipinski definition) is 0. The highest BCUT2D eigenvalue weighted by molar-refractivity contribution is 6.24. The van der Waals surface area contributed by atoms with Crippen LogP contribution >= 0.6 is 11.6 Å². The molecule has 1 atom stereocenters. The summed E-state index contributed by atoms with van der Waals surface area (Å²) < 4.78 is 0. The van der Waals surface area contributed by atoms with E-state index in [1.165, 1.54) is 0 Å². The van der Waals surface area contributed by atoms with Crippen molar-refractivity contribution in [3.63, 3.8) is 0 Å². The maximum atomic E-state index is 10.4. The Morgan fingerprint density at radius 2 is 1.80 bits per heavy atom. The molecule has 1 unspecified atom stereocenters. The second-order valence-electron chi connectivity index (χ2n) is 3.19. The van der Waals surface area contributed by atoms with Gasteiger partial charge >= 0.3 is 0 Å². The number of nitroso groups, excluding NO2 is 1. The first-order chi connectivity index (χ1) is 4.37. The van der Waals surface area contributed by atoms with E-state index in [0.717, 1.165) is 0 Å². The minimum Gasteiger partial charge on any atom is -0.150 e. The largest absolute Gasteiger partial charge is 0.150 e. The first kappa shape index (κ1) is 9.89. The van der Waals surface area contributed by atoms with Gasteiger partial charge in [-0.25, -0.2) is 0 Å². The predicted molar refractivity (Wildman–Crippen MR) is 44.4 cm³/mol. The van der Waals surface area contributed by atoms with Gasteiger partial charge in [0, 0.05) is 0 Å². The molecule has 0 aromatic heterocycles. The molecule has 10 heavy (non-hydrogen) atoms. The van der Waals surface area contributed by atoms with Gasteiger partial charge in [-0.3, -0.25) is 0 Å². The van der Waals surface area contributed by atoms with Crippen molar-refractivity contribution < 1.29 is 0 Å². The zero-order valence-corrected chi connectivity index (χ0v) is 7.70. The standard InChI is InChI=1S/C7H14ClNO/c1-5-7(4,9-10)6(2,3)8/h5H2,1-4H3. The molecule has 0 saturated heterocycles. The number of rotatable bonds is 3. The molecule has 0 amide bonds. The van der Waals surface area contributed by atoms with Crippen molar-refractivity contribution in [1.29, 1.82) is 0 Å². The molecule has 3 heteroatoms. The smallest absolute Gasteiger partial charge is 0.118 e. The summed E-state index contributed by atoms with van der Waals surface area (Å²) in [6.07, 6.45) is 0.674. The van der Waals surface area contributed by atoms with Crippen molar-refractivity contribution in [1.82, 2.24) is 0 Å². The van der Waals surface area contributed by atoms with Crippen LogP contribution in [0.2, 0.25) is 0 Å². The lowest BCUT2D eigenvalue weighted by molar-refractivity contribution is 0.356. The molecule has 60 valence electrons. The van der Waals surface area contributed by atoms with E-state index in [4.69, 9.17) is 11.6 Å². The van der Waals surface area contributed by atoms with Gasteiger partial charge in [-0.2, -0.15) is 4.91 Å². The third-order valence-electron chi connectivity index (χ3n) is 2.17. The number of halogens is 1. The lowest BCUT2D eigenvalue weighted by Crippen LogP contribution is -2.40. The highest BCUT2D eigenvalue weighted by atomic mass is 35.5. The molecular weight excluding hydrogens is 150 g/mol. The average Bonchev–Trinajstić information content (AvgIpc) is 1.84. The summed E-state index contributed by atoms with van der Waals surface area (Å²) in [7, 11) is 0. The summed E-state index contributed by atoms with van der Waals surface area (Å²) in [5.74, 6) is 0. The minimum atomic E-state index is -0.644. The van der Waals surface area contributed by atoms with Crippen LogP contribution in [0.3, 0.4) is 0 Å². The Kier molecular flexibility index (Phi) is 2.84. The molecule has 0 radical (unpaired) electrons. The Hall–Kier alpha value is -0.110. The van der Waals surface area contributed by atoms with Gasteiger partial charge in [0.15, 0.2) is 0 Å². The van der Waals surface area contributed by atoms with Gasteiger partial charge < -0.3 is 0 Å². The molecule has 0 aliphatic carbocycles. The maximum Gasteiger partial charge on any atom is 0.118 e. The highest BCUT2D eigenvalue weighted by Crippen LogP contribution is 2.34. The average molecular weight is 164 g/mol. The topological polar surface area (TPSA) is 29.4 Å². The van der Waals surface area contributed by atoms with E-state index in [9.17, 15) is 4.91 Å². The van der Waals surface area contributed by atoms with Crippen molar-refractivity contribution in [2.75, 3.05) is 0 Å². The first-order valence-corrected chi connectivity index (χ1v) is 3.78. The van der Waals surface area contributed by atoms with Gasteiger partial charge in [0.1, 0.15) is 5.54 Å². The molecule has 2 nitrogen and oxygen atoms in total. The fourth-order valence-corrected chi connectivity index (χ4v) is 0.762. The zero-order valence-electron chi connectivity index (χ0n) is 6.94. The maximum absolute atomic E-state index is 10.4. The van der Waals surface area contributed by atoms with Crippen LogP contribution in [0.25, 0.3) is 0 Å². The number of nitrogens with zero attached hydrogens (tertiary/aromatic N) is 1. The minimum absolute atomic E-state index is 0.552. The summed E-state index contributed by atoms with van der Waals surface area (Å²) in [5.41, 5.74) is -0.644. The van der Waals surface area contributed by atoms with Gasteiger partial charge in [-0.15, -0.1) is 11.6 Å². The molecule has 0 aliphatic heterocycles. The zero-order chi connectivity index (χ0) is 8.41. The van der Waals surface area contributed by atoms with Crippen LogP contribution in [-0.4, -0.2) is 10.4 Å². The van der Waals surface area contributed by atoms with Crippen LogP contribution in [0.5, 0.6) is 0 Å². The second kappa shape index (κ2) is 2.87. The van der Waals surface area contributed by atoms with E-state index in [0.29, 0.717) is 6.42 Å². The third-order valence-corrected chi connectivity index (χ3v) is 2.58. The SMILES string of the molecule is CCC(C)(N=O)C(C)(C)Cl. The first-order valence-electron chi connectivity index (χ1n) is 3.41. The van der Waals surface area contributed by atoms with Crippen LogP contribution in [-0.2, 0) is 0 Å². The van der Waals surface area contributed by atoms with E-state index in [1.54, 1.807) is 20.8 Å². The van der Waals surface area contributed by atoms with Gasteiger partial charge in [0.2, 0.25) is 0 Å². The molecule has 0 aromatic carbocycles. The molecule has 0 saturated carbocycles. The Balaban J connectivity index is 4.48. The molecule has 0 aliphatic rings. The van der Waals surface area contributed by atoms with E-state index in [2.05, 4.69) is 5.18 Å². The van der Waals surface area contributed by atoms with E-state index < -0.39 is 10.4 Å². The van der Waals surface area contributed by atoms with Gasteiger partial charge in [0.05, 0.1) is 4.87 Å². The highest BCUT2D eigenvalue weighted by Gasteiger charge is 2.39. The Labute approximate surface area is 66.9 Å². The molecule has 0 rings (SSSR count). The normalized spacial score (nSPS) is 18.1. The lowest BCUT2D eigenvalue weighted by atomic mass is 9.86. The van der Waals surface area contributed by atoms with Gasteiger partial charge in [0.25, 0.3) is 0 Å². The van der Waals surface area contributed by atoms with Crippen LogP contribution in [0, 0.1) is 4.91 Å². The van der Waals surface area contributed by atoms with Crippen molar-refractivity contribution in [3.8, 4) is 0 Å². The van der Waals surface area contributed by atoms with Crippen LogP contribution in [0.15, 0.2) is 5.18 Å². The molecule has 0 spiro atoms. The van der Waals surface area contributed by atoms with E-state index >= 15 is 0 Å². The second-order valence-corrected chi connectivity index (χ2v) is 4.14. The third kappa shape index (κ3) is 1.69. The fraction of sp³-hybridized carbons (Fsp3) is 1.00. The monoisotopic (exact) mass is 163 g/mol. The Morgan fingerprint density at radius 3 is 1.80 bits per heavy atom. The summed E-state index contributed by atoms with van der Waals surface area (Å²) in [5, 5.41) is 3.03. The van der Waals surface area contributed by atoms with Crippen LogP contribution < -0.4 is 0 Å². The quantitative estimate of drug-likeness (QED) is 0.465. The lowest BCUT2D eigenvalue weighted by Gasteiger charge is -2.31. The van der Waals surface area contributed by atoms with E-state index in [1.807, 2.05) is 6.92 Å². The summed E-state index contributed by atoms with van der Waals surface area (Å²) >= 11 is 5.95. The van der Waals surface area contributed by atoms with E-state index in [-0.39, 0.29) is 0 Å². The van der Waals surface area contributed by atoms with Crippen molar-refractivity contribution in [2.45, 2.75) is 44.5 Å². The molecular formula is C7H14ClNO. The van der Waals surface area contributed by atoms with Crippen molar-refractivity contribution >= 4 is 11.6 Å². The fourth-order valence-electron chi connectivity index (χ4n) is 0.593. The van der Waals surface area contributed by atoms with Gasteiger partial charge in [-0.1, -0.05) is 12.1 Å². The predicted octanol–water partition coefficient (Wildman–Crippen LogP) is 2.94. The molecule has 0 heterocycles.